The molecule has 1 saturated carbocycles. The molecule has 7 heteroatoms. The summed E-state index contributed by atoms with van der Waals surface area (Å²) in [5.41, 5.74) is 2.35. The maximum atomic E-state index is 9.20. The van der Waals surface area contributed by atoms with Crippen LogP contribution in [-0.4, -0.2) is 50.6 Å². The molecule has 1 aromatic heterocycles. The summed E-state index contributed by atoms with van der Waals surface area (Å²) >= 11 is 6.25. The first kappa shape index (κ1) is 18.9. The van der Waals surface area contributed by atoms with Crippen LogP contribution in [0, 0.1) is 0 Å². The molecule has 1 N–H and O–H groups in total. The van der Waals surface area contributed by atoms with E-state index in [-0.39, 0.29) is 18.8 Å². The summed E-state index contributed by atoms with van der Waals surface area (Å²) in [5, 5.41) is 19.1. The summed E-state index contributed by atoms with van der Waals surface area (Å²) in [6.07, 6.45) is 4.17. The van der Waals surface area contributed by atoms with E-state index in [2.05, 4.69) is 32.8 Å². The van der Waals surface area contributed by atoms with Gasteiger partial charge in [-0.1, -0.05) is 11.6 Å². The molecule has 0 radical (unpaired) electrons. The van der Waals surface area contributed by atoms with Crippen LogP contribution in [0.15, 0.2) is 18.2 Å². The number of aliphatic hydroxyl groups is 1. The number of halogens is 1. The molecule has 0 amide bonds. The van der Waals surface area contributed by atoms with Crippen LogP contribution in [0.3, 0.4) is 0 Å². The first-order valence-corrected chi connectivity index (χ1v) is 10.1. The molecule has 1 aliphatic heterocycles. The number of aliphatic hydroxyl groups excluding tert-OH is 1. The monoisotopic (exact) mass is 390 g/mol. The number of benzene rings is 1. The van der Waals surface area contributed by atoms with Crippen LogP contribution in [0.25, 0.3) is 5.69 Å². The van der Waals surface area contributed by atoms with Gasteiger partial charge >= 0.3 is 0 Å². The minimum Gasteiger partial charge on any atom is -0.394 e. The number of fused-ring (bicyclic) bond motifs is 3. The third-order valence-corrected chi connectivity index (χ3v) is 5.85. The minimum absolute atomic E-state index is 0.0739. The van der Waals surface area contributed by atoms with E-state index in [0.717, 1.165) is 61.1 Å². The van der Waals surface area contributed by atoms with Gasteiger partial charge < -0.3 is 9.84 Å². The van der Waals surface area contributed by atoms with Crippen molar-refractivity contribution in [1.29, 1.82) is 0 Å². The third-order valence-electron chi connectivity index (χ3n) is 5.61. The predicted octanol–water partition coefficient (Wildman–Crippen LogP) is 3.29. The second-order valence-electron chi connectivity index (χ2n) is 7.86. The van der Waals surface area contributed by atoms with E-state index in [9.17, 15) is 5.11 Å². The molecule has 0 bridgehead atoms. The predicted molar refractivity (Wildman–Crippen MR) is 104 cm³/mol. The number of nitrogens with zero attached hydrogens (tertiary/aromatic N) is 4. The molecule has 1 atom stereocenters. The van der Waals surface area contributed by atoms with Crippen molar-refractivity contribution in [3.63, 3.8) is 0 Å². The maximum absolute atomic E-state index is 9.20. The van der Waals surface area contributed by atoms with Crippen molar-refractivity contribution >= 4 is 11.6 Å². The van der Waals surface area contributed by atoms with Gasteiger partial charge in [-0.2, -0.15) is 0 Å². The summed E-state index contributed by atoms with van der Waals surface area (Å²) in [6.45, 7) is 3.61. The quantitative estimate of drug-likeness (QED) is 0.867. The number of hydrogen-bond donors (Lipinski definition) is 1. The fourth-order valence-electron chi connectivity index (χ4n) is 4.28. The van der Waals surface area contributed by atoms with E-state index >= 15 is 0 Å². The second-order valence-corrected chi connectivity index (χ2v) is 8.29. The Morgan fingerprint density at radius 2 is 2.00 bits per heavy atom. The van der Waals surface area contributed by atoms with Crippen LogP contribution in [0.2, 0.25) is 5.02 Å². The van der Waals surface area contributed by atoms with Crippen LogP contribution in [0.4, 0.5) is 0 Å². The molecular formula is C20H27ClN4O2. The lowest BCUT2D eigenvalue weighted by Crippen LogP contribution is -2.27. The molecule has 1 aromatic carbocycles. The van der Waals surface area contributed by atoms with Crippen molar-refractivity contribution in [1.82, 2.24) is 19.7 Å². The van der Waals surface area contributed by atoms with E-state index < -0.39 is 0 Å². The minimum atomic E-state index is -0.0944. The molecule has 0 unspecified atom stereocenters. The van der Waals surface area contributed by atoms with Gasteiger partial charge in [0.2, 0.25) is 0 Å². The third kappa shape index (κ3) is 3.90. The Labute approximate surface area is 165 Å². The summed E-state index contributed by atoms with van der Waals surface area (Å²) in [5.74, 6) is 2.42. The highest BCUT2D eigenvalue weighted by atomic mass is 35.5. The molecular weight excluding hydrogens is 364 g/mol. The highest BCUT2D eigenvalue weighted by molar-refractivity contribution is 6.30. The van der Waals surface area contributed by atoms with Gasteiger partial charge in [0.05, 0.1) is 31.0 Å². The zero-order chi connectivity index (χ0) is 19.0. The number of hydrogen-bond acceptors (Lipinski definition) is 5. The van der Waals surface area contributed by atoms with Crippen molar-refractivity contribution in [3.8, 4) is 5.69 Å². The number of ether oxygens (including phenoxy) is 1. The summed E-state index contributed by atoms with van der Waals surface area (Å²) < 4.78 is 8.16. The molecule has 146 valence electrons. The van der Waals surface area contributed by atoms with Crippen molar-refractivity contribution in [2.45, 2.75) is 63.8 Å². The fraction of sp³-hybridized carbons (Fsp3) is 0.600. The van der Waals surface area contributed by atoms with Crippen LogP contribution in [0.5, 0.6) is 0 Å². The summed E-state index contributed by atoms with van der Waals surface area (Å²) in [4.78, 5) is 2.24. The molecule has 27 heavy (non-hydrogen) atoms. The smallest absolute Gasteiger partial charge is 0.151 e. The van der Waals surface area contributed by atoms with Gasteiger partial charge in [-0.15, -0.1) is 10.2 Å². The van der Waals surface area contributed by atoms with E-state index in [4.69, 9.17) is 16.3 Å². The van der Waals surface area contributed by atoms with Gasteiger partial charge in [-0.25, -0.2) is 0 Å². The Hall–Kier alpha value is -1.47. The number of rotatable bonds is 4. The molecule has 2 heterocycles. The van der Waals surface area contributed by atoms with Crippen LogP contribution >= 0.6 is 11.6 Å². The highest BCUT2D eigenvalue weighted by Gasteiger charge is 2.30. The van der Waals surface area contributed by atoms with E-state index in [1.54, 1.807) is 0 Å². The van der Waals surface area contributed by atoms with E-state index in [1.807, 2.05) is 19.1 Å². The van der Waals surface area contributed by atoms with Crippen molar-refractivity contribution in [2.24, 2.45) is 0 Å². The molecule has 6 nitrogen and oxygen atoms in total. The van der Waals surface area contributed by atoms with Gasteiger partial charge in [0.15, 0.2) is 5.82 Å². The molecule has 4 rings (SSSR count). The molecule has 1 aliphatic carbocycles. The summed E-state index contributed by atoms with van der Waals surface area (Å²) in [7, 11) is 2.10. The molecule has 2 aromatic rings. The molecule has 0 saturated heterocycles. The Morgan fingerprint density at radius 1 is 1.22 bits per heavy atom. The van der Waals surface area contributed by atoms with E-state index in [0.29, 0.717) is 5.92 Å². The van der Waals surface area contributed by atoms with Crippen molar-refractivity contribution < 1.29 is 9.84 Å². The summed E-state index contributed by atoms with van der Waals surface area (Å²) in [6, 6.07) is 6.08. The molecule has 2 aliphatic rings. The van der Waals surface area contributed by atoms with Gasteiger partial charge in [-0.05, 0) is 63.4 Å². The Morgan fingerprint density at radius 3 is 2.74 bits per heavy atom. The van der Waals surface area contributed by atoms with E-state index in [1.165, 1.54) is 5.56 Å². The van der Waals surface area contributed by atoms with Crippen LogP contribution in [-0.2, 0) is 17.8 Å². The van der Waals surface area contributed by atoms with Gasteiger partial charge in [-0.3, -0.25) is 9.47 Å². The van der Waals surface area contributed by atoms with Crippen LogP contribution < -0.4 is 0 Å². The molecule has 0 spiro atoms. The first-order chi connectivity index (χ1) is 13.0. The average Bonchev–Trinajstić information content (AvgIpc) is 2.99. The standard InChI is InChI=1S/C20H27ClN4O2/c1-13(12-26)27-17-6-3-14(4-7-17)20-23-22-19-11-24(2)10-15-9-16(21)5-8-18(15)25(19)20/h5,8-9,13-14,17,26H,3-4,6-7,10-12H2,1-2H3/t13-,14?,17?/m0/s1. The number of aromatic nitrogens is 3. The topological polar surface area (TPSA) is 63.4 Å². The first-order valence-electron chi connectivity index (χ1n) is 9.73. The van der Waals surface area contributed by atoms with Crippen molar-refractivity contribution in [3.05, 3.63) is 40.4 Å². The Balaban J connectivity index is 1.60. The maximum Gasteiger partial charge on any atom is 0.151 e. The average molecular weight is 391 g/mol. The van der Waals surface area contributed by atoms with Crippen LogP contribution in [0.1, 0.15) is 55.7 Å². The lowest BCUT2D eigenvalue weighted by molar-refractivity contribution is -0.0460. The lowest BCUT2D eigenvalue weighted by atomic mass is 9.86. The zero-order valence-electron chi connectivity index (χ0n) is 15.9. The normalized spacial score (nSPS) is 24.1. The Kier molecular flexibility index (Phi) is 5.50. The highest BCUT2D eigenvalue weighted by Crippen LogP contribution is 2.36. The fourth-order valence-corrected chi connectivity index (χ4v) is 4.47. The Bertz CT molecular complexity index is 801. The second kappa shape index (κ2) is 7.87. The largest absolute Gasteiger partial charge is 0.394 e. The van der Waals surface area contributed by atoms with Gasteiger partial charge in [0.1, 0.15) is 5.82 Å². The zero-order valence-corrected chi connectivity index (χ0v) is 16.7. The van der Waals surface area contributed by atoms with Gasteiger partial charge in [0, 0.05) is 17.5 Å². The molecule has 1 fully saturated rings. The van der Waals surface area contributed by atoms with Crippen molar-refractivity contribution in [2.75, 3.05) is 13.7 Å². The van der Waals surface area contributed by atoms with Gasteiger partial charge in [0.25, 0.3) is 0 Å². The lowest BCUT2D eigenvalue weighted by Gasteiger charge is -2.30. The SMILES string of the molecule is C[C@@H](CO)OC1CCC(c2nnc3n2-c2ccc(Cl)cc2CN(C)C3)CC1.